The highest BCUT2D eigenvalue weighted by molar-refractivity contribution is 5.61. The number of hydrogen-bond acceptors (Lipinski definition) is 5. The number of aromatic amines is 1. The van der Waals surface area contributed by atoms with Crippen LogP contribution in [0.1, 0.15) is 0 Å². The van der Waals surface area contributed by atoms with Crippen LogP contribution in [-0.2, 0) is 0 Å². The third-order valence-electron chi connectivity index (χ3n) is 3.92. The molecule has 116 valence electrons. The van der Waals surface area contributed by atoms with Crippen LogP contribution in [-0.4, -0.2) is 55.2 Å². The molecule has 6 heteroatoms. The third kappa shape index (κ3) is 3.12. The number of methoxy groups -OCH3 is 1. The molecule has 1 aromatic carbocycles. The van der Waals surface area contributed by atoms with Crippen LogP contribution in [0.4, 0.5) is 5.95 Å². The molecule has 1 fully saturated rings. The van der Waals surface area contributed by atoms with E-state index < -0.39 is 0 Å². The summed E-state index contributed by atoms with van der Waals surface area (Å²) < 4.78 is 5.16. The number of benzene rings is 1. The Morgan fingerprint density at radius 1 is 1.14 bits per heavy atom. The number of nitrogens with one attached hydrogen (secondary N) is 1. The van der Waals surface area contributed by atoms with E-state index in [-0.39, 0.29) is 5.56 Å². The van der Waals surface area contributed by atoms with Crippen LogP contribution in [0.15, 0.2) is 35.1 Å². The second kappa shape index (κ2) is 6.19. The van der Waals surface area contributed by atoms with Gasteiger partial charge in [0.1, 0.15) is 5.75 Å². The molecule has 0 saturated carbocycles. The predicted octanol–water partition coefficient (Wildman–Crippen LogP) is 1.20. The van der Waals surface area contributed by atoms with Gasteiger partial charge < -0.3 is 14.5 Å². The van der Waals surface area contributed by atoms with Crippen molar-refractivity contribution in [3.63, 3.8) is 0 Å². The number of likely N-dealkylation sites (N-methyl/N-ethyl adjacent to an activating group) is 1. The second-order valence-corrected chi connectivity index (χ2v) is 5.47. The fourth-order valence-electron chi connectivity index (χ4n) is 2.52. The van der Waals surface area contributed by atoms with Crippen LogP contribution in [0.2, 0.25) is 0 Å². The molecule has 0 atom stereocenters. The van der Waals surface area contributed by atoms with Crippen LogP contribution in [0.3, 0.4) is 0 Å². The molecular weight excluding hydrogens is 280 g/mol. The number of nitrogens with zero attached hydrogens (tertiary/aromatic N) is 3. The van der Waals surface area contributed by atoms with Crippen molar-refractivity contribution in [3.05, 3.63) is 40.7 Å². The Hall–Kier alpha value is -2.34. The highest BCUT2D eigenvalue weighted by Gasteiger charge is 2.17. The van der Waals surface area contributed by atoms with Gasteiger partial charge in [0.15, 0.2) is 0 Å². The number of H-pyrrole nitrogens is 1. The number of ether oxygens (including phenoxy) is 1. The lowest BCUT2D eigenvalue weighted by molar-refractivity contribution is 0.311. The van der Waals surface area contributed by atoms with Crippen LogP contribution in [0.5, 0.6) is 5.75 Å². The first kappa shape index (κ1) is 14.6. The maximum Gasteiger partial charge on any atom is 0.252 e. The molecule has 1 aliphatic heterocycles. The lowest BCUT2D eigenvalue weighted by atomic mass is 10.1. The first-order chi connectivity index (χ1) is 10.7. The zero-order valence-corrected chi connectivity index (χ0v) is 12.9. The Labute approximate surface area is 129 Å². The lowest BCUT2D eigenvalue weighted by Gasteiger charge is -2.32. The Bertz CT molecular complexity index is 688. The van der Waals surface area contributed by atoms with Crippen molar-refractivity contribution in [3.8, 4) is 17.0 Å². The molecule has 0 aliphatic carbocycles. The quantitative estimate of drug-likeness (QED) is 0.923. The van der Waals surface area contributed by atoms with Gasteiger partial charge in [-0.3, -0.25) is 9.78 Å². The molecule has 2 heterocycles. The average molecular weight is 300 g/mol. The Morgan fingerprint density at radius 3 is 2.45 bits per heavy atom. The van der Waals surface area contributed by atoms with E-state index in [2.05, 4.69) is 26.8 Å². The maximum atomic E-state index is 12.0. The molecule has 1 saturated heterocycles. The predicted molar refractivity (Wildman–Crippen MR) is 86.6 cm³/mol. The summed E-state index contributed by atoms with van der Waals surface area (Å²) in [5.41, 5.74) is 1.46. The highest BCUT2D eigenvalue weighted by Crippen LogP contribution is 2.21. The number of rotatable bonds is 3. The summed E-state index contributed by atoms with van der Waals surface area (Å²) in [7, 11) is 3.73. The van der Waals surface area contributed by atoms with Gasteiger partial charge in [-0.15, -0.1) is 0 Å². The standard InChI is InChI=1S/C16H20N4O2/c1-19-7-9-20(10-8-19)16-17-14(11-15(21)18-16)12-3-5-13(22-2)6-4-12/h3-6,11H,7-10H2,1-2H3,(H,17,18,21). The number of hydrogen-bond donors (Lipinski definition) is 1. The first-order valence-corrected chi connectivity index (χ1v) is 7.35. The minimum atomic E-state index is -0.130. The average Bonchev–Trinajstić information content (AvgIpc) is 2.55. The Balaban J connectivity index is 1.90. The van der Waals surface area contributed by atoms with Crippen molar-refractivity contribution in [1.82, 2.24) is 14.9 Å². The van der Waals surface area contributed by atoms with Gasteiger partial charge in [0.05, 0.1) is 12.8 Å². The summed E-state index contributed by atoms with van der Waals surface area (Å²) in [5.74, 6) is 1.43. The summed E-state index contributed by atoms with van der Waals surface area (Å²) in [6.07, 6.45) is 0. The fourth-order valence-corrected chi connectivity index (χ4v) is 2.52. The van der Waals surface area contributed by atoms with Crippen molar-refractivity contribution < 1.29 is 4.74 Å². The van der Waals surface area contributed by atoms with E-state index in [0.717, 1.165) is 37.5 Å². The van der Waals surface area contributed by atoms with Gasteiger partial charge in [0.2, 0.25) is 5.95 Å². The fraction of sp³-hybridized carbons (Fsp3) is 0.375. The molecule has 0 amide bonds. The van der Waals surface area contributed by atoms with Crippen molar-refractivity contribution in [2.75, 3.05) is 45.2 Å². The van der Waals surface area contributed by atoms with Crippen molar-refractivity contribution >= 4 is 5.95 Å². The van der Waals surface area contributed by atoms with Crippen LogP contribution in [0.25, 0.3) is 11.3 Å². The van der Waals surface area contributed by atoms with Crippen molar-refractivity contribution in [2.45, 2.75) is 0 Å². The van der Waals surface area contributed by atoms with E-state index in [1.54, 1.807) is 7.11 Å². The monoisotopic (exact) mass is 300 g/mol. The molecule has 0 spiro atoms. The molecule has 1 N–H and O–H groups in total. The van der Waals surface area contributed by atoms with E-state index in [9.17, 15) is 4.79 Å². The van der Waals surface area contributed by atoms with Crippen molar-refractivity contribution in [1.29, 1.82) is 0 Å². The smallest absolute Gasteiger partial charge is 0.252 e. The van der Waals surface area contributed by atoms with Gasteiger partial charge in [0, 0.05) is 37.8 Å². The lowest BCUT2D eigenvalue weighted by Crippen LogP contribution is -2.45. The number of aromatic nitrogens is 2. The normalized spacial score (nSPS) is 15.8. The minimum Gasteiger partial charge on any atom is -0.497 e. The molecule has 1 aromatic heterocycles. The summed E-state index contributed by atoms with van der Waals surface area (Å²) in [4.78, 5) is 23.8. The van der Waals surface area contributed by atoms with Gasteiger partial charge in [-0.1, -0.05) is 0 Å². The third-order valence-corrected chi connectivity index (χ3v) is 3.92. The summed E-state index contributed by atoms with van der Waals surface area (Å²) >= 11 is 0. The van der Waals surface area contributed by atoms with E-state index in [1.165, 1.54) is 6.07 Å². The molecule has 0 unspecified atom stereocenters. The number of anilines is 1. The highest BCUT2D eigenvalue weighted by atomic mass is 16.5. The molecule has 3 rings (SSSR count). The number of piperazine rings is 1. The topological polar surface area (TPSA) is 61.5 Å². The summed E-state index contributed by atoms with van der Waals surface area (Å²) in [6, 6.07) is 9.09. The van der Waals surface area contributed by atoms with Gasteiger partial charge in [-0.05, 0) is 31.3 Å². The summed E-state index contributed by atoms with van der Waals surface area (Å²) in [5, 5.41) is 0. The molecule has 2 aromatic rings. The zero-order chi connectivity index (χ0) is 15.5. The molecular formula is C16H20N4O2. The van der Waals surface area contributed by atoms with Gasteiger partial charge in [-0.2, -0.15) is 0 Å². The van der Waals surface area contributed by atoms with Crippen LogP contribution >= 0.6 is 0 Å². The Morgan fingerprint density at radius 2 is 1.82 bits per heavy atom. The Kier molecular flexibility index (Phi) is 4.11. The van der Waals surface area contributed by atoms with E-state index >= 15 is 0 Å². The summed E-state index contributed by atoms with van der Waals surface area (Å²) in [6.45, 7) is 3.67. The molecule has 22 heavy (non-hydrogen) atoms. The van der Waals surface area contributed by atoms with Gasteiger partial charge >= 0.3 is 0 Å². The second-order valence-electron chi connectivity index (χ2n) is 5.47. The van der Waals surface area contributed by atoms with E-state index in [4.69, 9.17) is 4.74 Å². The molecule has 1 aliphatic rings. The van der Waals surface area contributed by atoms with E-state index in [1.807, 2.05) is 24.3 Å². The molecule has 0 bridgehead atoms. The minimum absolute atomic E-state index is 0.130. The SMILES string of the molecule is COc1ccc(-c2cc(=O)[nH]c(N3CCN(C)CC3)n2)cc1. The zero-order valence-electron chi connectivity index (χ0n) is 12.9. The molecule has 6 nitrogen and oxygen atoms in total. The van der Waals surface area contributed by atoms with Gasteiger partial charge in [0.25, 0.3) is 5.56 Å². The van der Waals surface area contributed by atoms with Crippen LogP contribution in [0, 0.1) is 0 Å². The van der Waals surface area contributed by atoms with Gasteiger partial charge in [-0.25, -0.2) is 4.98 Å². The molecule has 0 radical (unpaired) electrons. The van der Waals surface area contributed by atoms with Crippen molar-refractivity contribution in [2.24, 2.45) is 0 Å². The maximum absolute atomic E-state index is 12.0. The first-order valence-electron chi connectivity index (χ1n) is 7.35. The van der Waals surface area contributed by atoms with E-state index in [0.29, 0.717) is 11.6 Å². The largest absolute Gasteiger partial charge is 0.497 e. The van der Waals surface area contributed by atoms with Crippen LogP contribution < -0.4 is 15.2 Å².